The Morgan fingerprint density at radius 1 is 1.17 bits per heavy atom. The molecule has 1 spiro atoms. The number of carbonyl (C=O) groups is 3. The number of nitrogens with one attached hydrogen (secondary N) is 1. The zero-order valence-corrected chi connectivity index (χ0v) is 21.1. The van der Waals surface area contributed by atoms with Gasteiger partial charge in [0.15, 0.2) is 5.78 Å². The molecule has 3 aliphatic rings. The Morgan fingerprint density at radius 3 is 2.56 bits per heavy atom. The van der Waals surface area contributed by atoms with E-state index in [1.54, 1.807) is 30.0 Å². The van der Waals surface area contributed by atoms with Crippen molar-refractivity contribution in [2.75, 3.05) is 35.8 Å². The number of amides is 1. The Kier molecular flexibility index (Phi) is 5.79. The number of esters is 1. The summed E-state index contributed by atoms with van der Waals surface area (Å²) in [4.78, 5) is 44.8. The van der Waals surface area contributed by atoms with Crippen LogP contribution in [0.15, 0.2) is 65.1 Å². The fourth-order valence-corrected chi connectivity index (χ4v) is 5.65. The minimum absolute atomic E-state index is 0.0579. The van der Waals surface area contributed by atoms with E-state index in [2.05, 4.69) is 5.32 Å². The molecule has 2 heterocycles. The average molecular weight is 507 g/mol. The van der Waals surface area contributed by atoms with Crippen LogP contribution in [0.25, 0.3) is 0 Å². The number of halogens is 1. The minimum Gasteiger partial charge on any atom is -0.462 e. The van der Waals surface area contributed by atoms with Gasteiger partial charge >= 0.3 is 5.97 Å². The van der Waals surface area contributed by atoms with Gasteiger partial charge in [-0.15, -0.1) is 0 Å². The Bertz CT molecular complexity index is 1360. The van der Waals surface area contributed by atoms with Crippen molar-refractivity contribution in [3.05, 3.63) is 75.7 Å². The van der Waals surface area contributed by atoms with Crippen LogP contribution in [0.3, 0.4) is 0 Å². The van der Waals surface area contributed by atoms with E-state index < -0.39 is 17.3 Å². The van der Waals surface area contributed by atoms with E-state index >= 15 is 0 Å². The number of ether oxygens (including phenoxy) is 1. The first kappa shape index (κ1) is 23.9. The van der Waals surface area contributed by atoms with Crippen molar-refractivity contribution in [2.24, 2.45) is 5.73 Å². The third-order valence-electron chi connectivity index (χ3n) is 6.98. The SMILES string of the molecule is CCOC(=O)C1=C(N)N(c2ccc(N(C)C)cc2)C2=C(C(=O)CCC2)C12C(=O)Nc1ccc(Cl)cc12. The zero-order valence-electron chi connectivity index (χ0n) is 20.4. The van der Waals surface area contributed by atoms with Crippen molar-refractivity contribution < 1.29 is 19.1 Å². The van der Waals surface area contributed by atoms with Gasteiger partial charge in [-0.25, -0.2) is 4.79 Å². The van der Waals surface area contributed by atoms with Crippen molar-refractivity contribution in [1.29, 1.82) is 0 Å². The number of nitrogens with two attached hydrogens (primary N) is 1. The molecule has 1 unspecified atom stereocenters. The van der Waals surface area contributed by atoms with E-state index in [9.17, 15) is 14.4 Å². The largest absolute Gasteiger partial charge is 0.462 e. The molecule has 2 aromatic carbocycles. The number of nitrogens with zero attached hydrogens (tertiary/aromatic N) is 2. The van der Waals surface area contributed by atoms with Gasteiger partial charge in [-0.1, -0.05) is 11.6 Å². The highest BCUT2D eigenvalue weighted by Gasteiger charge is 2.62. The van der Waals surface area contributed by atoms with Crippen LogP contribution in [-0.4, -0.2) is 38.4 Å². The Hall–Kier alpha value is -3.78. The van der Waals surface area contributed by atoms with Crippen molar-refractivity contribution in [3.63, 3.8) is 0 Å². The Balaban J connectivity index is 1.85. The van der Waals surface area contributed by atoms with E-state index in [0.717, 1.165) is 5.69 Å². The molecular weight excluding hydrogens is 480 g/mol. The normalized spacial score (nSPS) is 20.9. The minimum atomic E-state index is -1.75. The van der Waals surface area contributed by atoms with Crippen molar-refractivity contribution in [1.82, 2.24) is 0 Å². The molecule has 0 saturated heterocycles. The number of benzene rings is 2. The second-order valence-electron chi connectivity index (χ2n) is 9.22. The lowest BCUT2D eigenvalue weighted by atomic mass is 9.63. The molecule has 1 atom stereocenters. The topological polar surface area (TPSA) is 105 Å². The maximum atomic E-state index is 13.9. The van der Waals surface area contributed by atoms with Gasteiger partial charge in [-0.2, -0.15) is 0 Å². The van der Waals surface area contributed by atoms with Gasteiger partial charge in [0.05, 0.1) is 6.61 Å². The molecule has 0 radical (unpaired) electrons. The smallest absolute Gasteiger partial charge is 0.339 e. The Labute approximate surface area is 214 Å². The van der Waals surface area contributed by atoms with Crippen LogP contribution < -0.4 is 20.9 Å². The second-order valence-corrected chi connectivity index (χ2v) is 9.66. The summed E-state index contributed by atoms with van der Waals surface area (Å²) in [6, 6.07) is 12.6. The highest BCUT2D eigenvalue weighted by molar-refractivity contribution is 6.31. The molecule has 9 heteroatoms. The summed E-state index contributed by atoms with van der Waals surface area (Å²) in [5.74, 6) is -1.42. The van der Waals surface area contributed by atoms with Gasteiger partial charge in [0.25, 0.3) is 0 Å². The van der Waals surface area contributed by atoms with Crippen LogP contribution in [0.4, 0.5) is 17.1 Å². The van der Waals surface area contributed by atoms with Crippen LogP contribution in [0.5, 0.6) is 0 Å². The van der Waals surface area contributed by atoms with Crippen molar-refractivity contribution in [2.45, 2.75) is 31.6 Å². The molecule has 186 valence electrons. The number of ketones is 1. The monoisotopic (exact) mass is 506 g/mol. The van der Waals surface area contributed by atoms with Crippen LogP contribution >= 0.6 is 11.6 Å². The predicted molar refractivity (Wildman–Crippen MR) is 139 cm³/mol. The third-order valence-corrected chi connectivity index (χ3v) is 7.22. The maximum absolute atomic E-state index is 13.9. The van der Waals surface area contributed by atoms with E-state index in [-0.39, 0.29) is 35.8 Å². The number of fused-ring (bicyclic) bond motifs is 3. The molecule has 0 saturated carbocycles. The molecule has 36 heavy (non-hydrogen) atoms. The lowest BCUT2D eigenvalue weighted by Gasteiger charge is -2.44. The molecule has 2 aliphatic heterocycles. The number of anilines is 3. The van der Waals surface area contributed by atoms with Gasteiger partial charge < -0.3 is 20.7 Å². The highest BCUT2D eigenvalue weighted by atomic mass is 35.5. The number of Topliss-reactive ketones (excluding diaryl/α,β-unsaturated/α-hetero) is 1. The fourth-order valence-electron chi connectivity index (χ4n) is 5.48. The molecule has 8 nitrogen and oxygen atoms in total. The molecule has 5 rings (SSSR count). The molecule has 3 N–H and O–H groups in total. The zero-order chi connectivity index (χ0) is 25.8. The summed E-state index contributed by atoms with van der Waals surface area (Å²) in [7, 11) is 3.88. The van der Waals surface area contributed by atoms with Gasteiger partial charge in [-0.05, 0) is 62.2 Å². The number of carbonyl (C=O) groups excluding carboxylic acids is 3. The van der Waals surface area contributed by atoms with E-state index in [1.165, 1.54) is 0 Å². The summed E-state index contributed by atoms with van der Waals surface area (Å²) in [5.41, 5.74) is 8.39. The van der Waals surface area contributed by atoms with Gasteiger partial charge in [0.1, 0.15) is 16.8 Å². The van der Waals surface area contributed by atoms with Crippen LogP contribution in [0.2, 0.25) is 5.02 Å². The Morgan fingerprint density at radius 2 is 1.89 bits per heavy atom. The van der Waals surface area contributed by atoms with Gasteiger partial charge in [0, 0.05) is 59.4 Å². The number of hydrogen-bond donors (Lipinski definition) is 2. The standard InChI is InChI=1S/C27H27ClN4O4/c1-4-36-25(34)23-24(29)32(17-11-9-16(10-12-17)31(2)3)20-6-5-7-21(33)22(20)27(23)18-14-15(28)8-13-19(18)30-26(27)35/h8-14H,4-7,29H2,1-3H3,(H,30,35). The molecule has 0 bridgehead atoms. The third kappa shape index (κ3) is 3.32. The number of allylic oxidation sites excluding steroid dienone is 1. The first-order chi connectivity index (χ1) is 17.2. The number of rotatable bonds is 4. The highest BCUT2D eigenvalue weighted by Crippen LogP contribution is 2.56. The molecule has 0 fully saturated rings. The maximum Gasteiger partial charge on any atom is 0.339 e. The molecule has 1 aliphatic carbocycles. The first-order valence-corrected chi connectivity index (χ1v) is 12.2. The van der Waals surface area contributed by atoms with E-state index in [1.807, 2.05) is 43.3 Å². The van der Waals surface area contributed by atoms with Crippen LogP contribution in [0, 0.1) is 0 Å². The second kappa shape index (κ2) is 8.71. The summed E-state index contributed by atoms with van der Waals surface area (Å²) in [6.45, 7) is 1.75. The molecular formula is C27H27ClN4O4. The number of hydrogen-bond acceptors (Lipinski definition) is 7. The lowest BCUT2D eigenvalue weighted by molar-refractivity contribution is -0.140. The summed E-state index contributed by atoms with van der Waals surface area (Å²) in [6.07, 6.45) is 1.37. The van der Waals surface area contributed by atoms with Gasteiger partial charge in [-0.3, -0.25) is 14.5 Å². The lowest BCUT2D eigenvalue weighted by Crippen LogP contribution is -2.53. The van der Waals surface area contributed by atoms with Crippen molar-refractivity contribution in [3.8, 4) is 0 Å². The fraction of sp³-hybridized carbons (Fsp3) is 0.296. The van der Waals surface area contributed by atoms with Crippen LogP contribution in [0.1, 0.15) is 31.7 Å². The molecule has 1 amide bonds. The van der Waals surface area contributed by atoms with Crippen molar-refractivity contribution >= 4 is 46.3 Å². The van der Waals surface area contributed by atoms with Gasteiger partial charge in [0.2, 0.25) is 5.91 Å². The molecule has 0 aromatic heterocycles. The van der Waals surface area contributed by atoms with Crippen LogP contribution in [-0.2, 0) is 24.5 Å². The predicted octanol–water partition coefficient (Wildman–Crippen LogP) is 3.86. The first-order valence-electron chi connectivity index (χ1n) is 11.8. The molecule has 2 aromatic rings. The van der Waals surface area contributed by atoms with E-state index in [0.29, 0.717) is 40.5 Å². The van der Waals surface area contributed by atoms with E-state index in [4.69, 9.17) is 22.1 Å². The quantitative estimate of drug-likeness (QED) is 0.607. The average Bonchev–Trinajstić information content (AvgIpc) is 3.11. The summed E-state index contributed by atoms with van der Waals surface area (Å²) < 4.78 is 5.42. The summed E-state index contributed by atoms with van der Waals surface area (Å²) in [5, 5.41) is 3.23. The summed E-state index contributed by atoms with van der Waals surface area (Å²) >= 11 is 6.36.